The number of nitrogens with two attached hydrogens (primary N) is 1. The zero-order valence-corrected chi connectivity index (χ0v) is 11.1. The van der Waals surface area contributed by atoms with Crippen LogP contribution >= 0.6 is 0 Å². The van der Waals surface area contributed by atoms with Crippen LogP contribution in [0, 0.1) is 0 Å². The lowest BCUT2D eigenvalue weighted by Gasteiger charge is -2.24. The highest BCUT2D eigenvalue weighted by atomic mass is 16.5. The Kier molecular flexibility index (Phi) is 4.63. The summed E-state index contributed by atoms with van der Waals surface area (Å²) in [4.78, 5) is 11.7. The van der Waals surface area contributed by atoms with Crippen LogP contribution in [0.3, 0.4) is 0 Å². The van der Waals surface area contributed by atoms with Crippen LogP contribution in [0.4, 0.5) is 5.69 Å². The summed E-state index contributed by atoms with van der Waals surface area (Å²) in [5, 5.41) is 2.74. The van der Waals surface area contributed by atoms with E-state index in [1.54, 1.807) is 18.2 Å². The lowest BCUT2D eigenvalue weighted by Crippen LogP contribution is -2.26. The summed E-state index contributed by atoms with van der Waals surface area (Å²) >= 11 is 0. The number of carbonyl (C=O) groups excluding carboxylic acids is 1. The summed E-state index contributed by atoms with van der Waals surface area (Å²) in [5.74, 6) is 0.520. The molecule has 19 heavy (non-hydrogen) atoms. The first-order chi connectivity index (χ1) is 9.20. The van der Waals surface area contributed by atoms with Crippen LogP contribution in [0.5, 0.6) is 5.75 Å². The molecule has 0 saturated carbocycles. The van der Waals surface area contributed by atoms with Crippen molar-refractivity contribution in [2.45, 2.75) is 25.9 Å². The fraction of sp³-hybridized carbons (Fsp3) is 0.500. The Morgan fingerprint density at radius 3 is 2.84 bits per heavy atom. The van der Waals surface area contributed by atoms with Gasteiger partial charge in [-0.25, -0.2) is 0 Å². The third kappa shape index (κ3) is 3.61. The Hall–Kier alpha value is -1.75. The summed E-state index contributed by atoms with van der Waals surface area (Å²) in [6.45, 7) is 3.92. The molecule has 1 aliphatic rings. The summed E-state index contributed by atoms with van der Waals surface area (Å²) < 4.78 is 11.1. The quantitative estimate of drug-likeness (QED) is 0.810. The first-order valence-corrected chi connectivity index (χ1v) is 6.63. The molecule has 0 radical (unpaired) electrons. The highest BCUT2D eigenvalue weighted by Gasteiger charge is 2.17. The van der Waals surface area contributed by atoms with E-state index in [9.17, 15) is 4.79 Å². The first kappa shape index (κ1) is 13.7. The van der Waals surface area contributed by atoms with Crippen molar-refractivity contribution in [1.82, 2.24) is 5.32 Å². The van der Waals surface area contributed by atoms with Crippen LogP contribution in [-0.2, 0) is 4.74 Å². The summed E-state index contributed by atoms with van der Waals surface area (Å²) in [6, 6.07) is 5.14. The second kappa shape index (κ2) is 6.43. The molecule has 5 nitrogen and oxygen atoms in total. The van der Waals surface area contributed by atoms with Crippen LogP contribution in [-0.4, -0.2) is 31.8 Å². The standard InChI is InChI=1S/C14H20N2O3/c1-2-16-14(17)10-3-4-13(12(15)9-10)19-11-5-7-18-8-6-11/h3-4,9,11H,2,5-8,15H2,1H3,(H,16,17). The number of benzene rings is 1. The van der Waals surface area contributed by atoms with Crippen molar-refractivity contribution in [3.8, 4) is 5.75 Å². The second-order valence-electron chi connectivity index (χ2n) is 4.54. The van der Waals surface area contributed by atoms with Gasteiger partial charge in [-0.3, -0.25) is 4.79 Å². The third-order valence-corrected chi connectivity index (χ3v) is 3.07. The van der Waals surface area contributed by atoms with Crippen LogP contribution < -0.4 is 15.8 Å². The number of amides is 1. The number of hydrogen-bond donors (Lipinski definition) is 2. The number of hydrogen-bond acceptors (Lipinski definition) is 4. The molecule has 0 spiro atoms. The molecule has 1 aromatic rings. The maximum atomic E-state index is 11.7. The average Bonchev–Trinajstić information content (AvgIpc) is 2.42. The molecule has 0 unspecified atom stereocenters. The van der Waals surface area contributed by atoms with Gasteiger partial charge in [-0.05, 0) is 25.1 Å². The Morgan fingerprint density at radius 2 is 2.21 bits per heavy atom. The third-order valence-electron chi connectivity index (χ3n) is 3.07. The van der Waals surface area contributed by atoms with Gasteiger partial charge in [0.25, 0.3) is 5.91 Å². The number of rotatable bonds is 4. The van der Waals surface area contributed by atoms with Gasteiger partial charge in [-0.15, -0.1) is 0 Å². The molecule has 1 saturated heterocycles. The van der Waals surface area contributed by atoms with Crippen molar-refractivity contribution in [3.05, 3.63) is 23.8 Å². The van der Waals surface area contributed by atoms with E-state index in [1.165, 1.54) is 0 Å². The minimum Gasteiger partial charge on any atom is -0.488 e. The zero-order chi connectivity index (χ0) is 13.7. The predicted octanol–water partition coefficient (Wildman–Crippen LogP) is 1.58. The van der Waals surface area contributed by atoms with Gasteiger partial charge in [0, 0.05) is 24.9 Å². The molecule has 1 aliphatic heterocycles. The van der Waals surface area contributed by atoms with Gasteiger partial charge in [-0.2, -0.15) is 0 Å². The van der Waals surface area contributed by atoms with E-state index < -0.39 is 0 Å². The van der Waals surface area contributed by atoms with Crippen LogP contribution in [0.25, 0.3) is 0 Å². The highest BCUT2D eigenvalue weighted by molar-refractivity contribution is 5.95. The normalized spacial score (nSPS) is 16.1. The van der Waals surface area contributed by atoms with E-state index >= 15 is 0 Å². The first-order valence-electron chi connectivity index (χ1n) is 6.63. The molecular weight excluding hydrogens is 244 g/mol. The number of anilines is 1. The highest BCUT2D eigenvalue weighted by Crippen LogP contribution is 2.25. The van der Waals surface area contributed by atoms with Crippen molar-refractivity contribution >= 4 is 11.6 Å². The van der Waals surface area contributed by atoms with Gasteiger partial charge in [0.1, 0.15) is 11.9 Å². The van der Waals surface area contributed by atoms with Crippen LogP contribution in [0.2, 0.25) is 0 Å². The van der Waals surface area contributed by atoms with E-state index in [0.717, 1.165) is 26.1 Å². The Bertz CT molecular complexity index is 442. The molecule has 2 rings (SSSR count). The summed E-state index contributed by atoms with van der Waals surface area (Å²) in [7, 11) is 0. The molecule has 104 valence electrons. The molecule has 0 aliphatic carbocycles. The molecule has 1 heterocycles. The van der Waals surface area contributed by atoms with Crippen molar-refractivity contribution in [3.63, 3.8) is 0 Å². The molecule has 1 aromatic carbocycles. The lowest BCUT2D eigenvalue weighted by atomic mass is 10.1. The fourth-order valence-electron chi connectivity index (χ4n) is 2.03. The number of carbonyl (C=O) groups is 1. The van der Waals surface area contributed by atoms with Crippen molar-refractivity contribution in [2.75, 3.05) is 25.5 Å². The molecular formula is C14H20N2O3. The monoisotopic (exact) mass is 264 g/mol. The molecule has 1 amide bonds. The van der Waals surface area contributed by atoms with Gasteiger partial charge in [-0.1, -0.05) is 0 Å². The molecule has 0 bridgehead atoms. The maximum Gasteiger partial charge on any atom is 0.251 e. The number of ether oxygens (including phenoxy) is 2. The lowest BCUT2D eigenvalue weighted by molar-refractivity contribution is 0.0258. The molecule has 0 atom stereocenters. The number of nitrogen functional groups attached to an aromatic ring is 1. The van der Waals surface area contributed by atoms with Gasteiger partial charge in [0.2, 0.25) is 0 Å². The van der Waals surface area contributed by atoms with Gasteiger partial charge < -0.3 is 20.5 Å². The minimum absolute atomic E-state index is 0.119. The maximum absolute atomic E-state index is 11.7. The van der Waals surface area contributed by atoms with Crippen molar-refractivity contribution in [2.24, 2.45) is 0 Å². The zero-order valence-electron chi connectivity index (χ0n) is 11.1. The smallest absolute Gasteiger partial charge is 0.251 e. The Balaban J connectivity index is 2.04. The molecule has 5 heteroatoms. The fourth-order valence-corrected chi connectivity index (χ4v) is 2.03. The molecule has 1 fully saturated rings. The predicted molar refractivity (Wildman–Crippen MR) is 73.3 cm³/mol. The van der Waals surface area contributed by atoms with Gasteiger partial charge in [0.05, 0.1) is 18.9 Å². The SMILES string of the molecule is CCNC(=O)c1ccc(OC2CCOCC2)c(N)c1. The molecule has 0 aromatic heterocycles. The summed E-state index contributed by atoms with van der Waals surface area (Å²) in [5.41, 5.74) is 6.99. The van der Waals surface area contributed by atoms with Gasteiger partial charge in [0.15, 0.2) is 0 Å². The van der Waals surface area contributed by atoms with Crippen molar-refractivity contribution < 1.29 is 14.3 Å². The van der Waals surface area contributed by atoms with Crippen molar-refractivity contribution in [1.29, 1.82) is 0 Å². The molecule has 3 N–H and O–H groups in total. The van der Waals surface area contributed by atoms with E-state index in [-0.39, 0.29) is 12.0 Å². The average molecular weight is 264 g/mol. The van der Waals surface area contributed by atoms with Gasteiger partial charge >= 0.3 is 0 Å². The van der Waals surface area contributed by atoms with Crippen LogP contribution in [0.1, 0.15) is 30.1 Å². The van der Waals surface area contributed by atoms with E-state index in [4.69, 9.17) is 15.2 Å². The minimum atomic E-state index is -0.119. The Morgan fingerprint density at radius 1 is 1.47 bits per heavy atom. The largest absolute Gasteiger partial charge is 0.488 e. The number of nitrogens with one attached hydrogen (secondary N) is 1. The summed E-state index contributed by atoms with van der Waals surface area (Å²) in [6.07, 6.45) is 1.89. The van der Waals surface area contributed by atoms with Crippen LogP contribution in [0.15, 0.2) is 18.2 Å². The Labute approximate surface area is 113 Å². The van der Waals surface area contributed by atoms with E-state index in [2.05, 4.69) is 5.32 Å². The second-order valence-corrected chi connectivity index (χ2v) is 4.54. The topological polar surface area (TPSA) is 73.6 Å². The van der Waals surface area contributed by atoms with E-state index in [0.29, 0.717) is 23.5 Å². The van der Waals surface area contributed by atoms with E-state index in [1.807, 2.05) is 6.92 Å².